The smallest absolute Gasteiger partial charge is 0.339 e. The number of pyridine rings is 1. The third kappa shape index (κ3) is 2.90. The molecule has 1 N–H and O–H groups in total. The Morgan fingerprint density at radius 3 is 2.82 bits per heavy atom. The first kappa shape index (κ1) is 13.7. The standard InChI is InChI=1S/C14H11N5O3/c1-21-14(20)10-5-6-12(15-8-10)22-11-4-2-3-9(7-11)13-16-18-19-17-13/h2-8H,1H3,(H,16,17,18,19). The third-order valence-corrected chi connectivity index (χ3v) is 2.82. The molecule has 0 aliphatic carbocycles. The fourth-order valence-corrected chi connectivity index (χ4v) is 1.78. The summed E-state index contributed by atoms with van der Waals surface area (Å²) in [6.07, 6.45) is 1.39. The molecule has 1 aromatic carbocycles. The summed E-state index contributed by atoms with van der Waals surface area (Å²) in [5, 5.41) is 13.7. The quantitative estimate of drug-likeness (QED) is 0.733. The maximum absolute atomic E-state index is 11.3. The maximum atomic E-state index is 11.3. The zero-order valence-electron chi connectivity index (χ0n) is 11.6. The first-order chi connectivity index (χ1) is 10.8. The lowest BCUT2D eigenvalue weighted by molar-refractivity contribution is 0.0600. The summed E-state index contributed by atoms with van der Waals surface area (Å²) in [6.45, 7) is 0. The largest absolute Gasteiger partial charge is 0.465 e. The molecule has 110 valence electrons. The van der Waals surface area contributed by atoms with E-state index in [1.54, 1.807) is 24.3 Å². The van der Waals surface area contributed by atoms with Crippen LogP contribution in [-0.4, -0.2) is 38.7 Å². The molecule has 0 aliphatic heterocycles. The van der Waals surface area contributed by atoms with Crippen molar-refractivity contribution in [1.29, 1.82) is 0 Å². The number of tetrazole rings is 1. The van der Waals surface area contributed by atoms with Gasteiger partial charge in [-0.15, -0.1) is 10.2 Å². The molecule has 0 spiro atoms. The highest BCUT2D eigenvalue weighted by Crippen LogP contribution is 2.24. The Morgan fingerprint density at radius 1 is 1.23 bits per heavy atom. The van der Waals surface area contributed by atoms with E-state index in [9.17, 15) is 4.79 Å². The summed E-state index contributed by atoms with van der Waals surface area (Å²) in [4.78, 5) is 15.4. The molecule has 3 aromatic rings. The number of nitrogens with zero attached hydrogens (tertiary/aromatic N) is 4. The van der Waals surface area contributed by atoms with Crippen molar-refractivity contribution in [3.05, 3.63) is 48.2 Å². The number of methoxy groups -OCH3 is 1. The number of H-pyrrole nitrogens is 1. The van der Waals surface area contributed by atoms with Crippen LogP contribution in [0.15, 0.2) is 42.6 Å². The van der Waals surface area contributed by atoms with Gasteiger partial charge in [-0.25, -0.2) is 9.78 Å². The number of carbonyl (C=O) groups is 1. The number of carbonyl (C=O) groups excluding carboxylic acids is 1. The van der Waals surface area contributed by atoms with Crippen LogP contribution in [0.2, 0.25) is 0 Å². The van der Waals surface area contributed by atoms with E-state index in [2.05, 4.69) is 30.3 Å². The molecule has 8 nitrogen and oxygen atoms in total. The number of ether oxygens (including phenoxy) is 2. The van der Waals surface area contributed by atoms with Crippen molar-refractivity contribution in [1.82, 2.24) is 25.6 Å². The van der Waals surface area contributed by atoms with E-state index in [0.29, 0.717) is 23.0 Å². The fourth-order valence-electron chi connectivity index (χ4n) is 1.78. The van der Waals surface area contributed by atoms with Crippen molar-refractivity contribution in [3.8, 4) is 23.0 Å². The van der Waals surface area contributed by atoms with Gasteiger partial charge in [-0.3, -0.25) is 0 Å². The number of hydrogen-bond acceptors (Lipinski definition) is 7. The molecule has 3 rings (SSSR count). The van der Waals surface area contributed by atoms with Crippen molar-refractivity contribution in [2.45, 2.75) is 0 Å². The molecule has 0 radical (unpaired) electrons. The lowest BCUT2D eigenvalue weighted by Gasteiger charge is -2.06. The van der Waals surface area contributed by atoms with Gasteiger partial charge in [0.05, 0.1) is 12.7 Å². The molecule has 0 unspecified atom stereocenters. The number of rotatable bonds is 4. The lowest BCUT2D eigenvalue weighted by Crippen LogP contribution is -2.01. The molecule has 0 bridgehead atoms. The second-order valence-electron chi connectivity index (χ2n) is 4.24. The summed E-state index contributed by atoms with van der Waals surface area (Å²) >= 11 is 0. The molecule has 0 saturated carbocycles. The van der Waals surface area contributed by atoms with Crippen molar-refractivity contribution in [3.63, 3.8) is 0 Å². The lowest BCUT2D eigenvalue weighted by atomic mass is 10.2. The van der Waals surface area contributed by atoms with E-state index in [1.807, 2.05) is 12.1 Å². The number of aromatic nitrogens is 5. The van der Waals surface area contributed by atoms with Crippen LogP contribution in [0.1, 0.15) is 10.4 Å². The van der Waals surface area contributed by atoms with E-state index in [0.717, 1.165) is 5.56 Å². The molecule has 22 heavy (non-hydrogen) atoms. The number of aromatic amines is 1. The minimum atomic E-state index is -0.446. The van der Waals surface area contributed by atoms with Gasteiger partial charge in [0.25, 0.3) is 0 Å². The molecule has 0 saturated heterocycles. The first-order valence-corrected chi connectivity index (χ1v) is 6.32. The van der Waals surface area contributed by atoms with E-state index in [1.165, 1.54) is 13.3 Å². The van der Waals surface area contributed by atoms with Gasteiger partial charge in [-0.1, -0.05) is 12.1 Å². The van der Waals surface area contributed by atoms with Crippen molar-refractivity contribution in [2.75, 3.05) is 7.11 Å². The Hall–Kier alpha value is -3.29. The van der Waals surface area contributed by atoms with Crippen molar-refractivity contribution in [2.24, 2.45) is 0 Å². The van der Waals surface area contributed by atoms with Crippen LogP contribution >= 0.6 is 0 Å². The first-order valence-electron chi connectivity index (χ1n) is 6.32. The molecular weight excluding hydrogens is 286 g/mol. The SMILES string of the molecule is COC(=O)c1ccc(Oc2cccc(-c3nn[nH]n3)c2)nc1. The molecule has 2 aromatic heterocycles. The van der Waals surface area contributed by atoms with Crippen LogP contribution in [0.5, 0.6) is 11.6 Å². The minimum absolute atomic E-state index is 0.357. The second-order valence-corrected chi connectivity index (χ2v) is 4.24. The van der Waals surface area contributed by atoms with Crippen molar-refractivity contribution >= 4 is 5.97 Å². The highest BCUT2D eigenvalue weighted by molar-refractivity contribution is 5.88. The maximum Gasteiger partial charge on any atom is 0.339 e. The Morgan fingerprint density at radius 2 is 2.14 bits per heavy atom. The van der Waals surface area contributed by atoms with Crippen LogP contribution in [0.3, 0.4) is 0 Å². The van der Waals surface area contributed by atoms with Gasteiger partial charge in [0.2, 0.25) is 11.7 Å². The zero-order chi connectivity index (χ0) is 15.4. The van der Waals surface area contributed by atoms with Crippen LogP contribution < -0.4 is 4.74 Å². The Bertz CT molecular complexity index is 771. The van der Waals surface area contributed by atoms with Gasteiger partial charge in [0, 0.05) is 17.8 Å². The molecule has 0 atom stereocenters. The average Bonchev–Trinajstić information content (AvgIpc) is 3.10. The molecule has 0 amide bonds. The van der Waals surface area contributed by atoms with Gasteiger partial charge >= 0.3 is 5.97 Å². The summed E-state index contributed by atoms with van der Waals surface area (Å²) in [7, 11) is 1.32. The van der Waals surface area contributed by atoms with Gasteiger partial charge in [0.1, 0.15) is 5.75 Å². The summed E-state index contributed by atoms with van der Waals surface area (Å²) in [6, 6.07) is 10.4. The Labute approximate surface area is 125 Å². The van der Waals surface area contributed by atoms with Gasteiger partial charge < -0.3 is 9.47 Å². The zero-order valence-corrected chi connectivity index (χ0v) is 11.6. The Kier molecular flexibility index (Phi) is 3.73. The molecule has 0 fully saturated rings. The Balaban J connectivity index is 1.78. The second kappa shape index (κ2) is 6.00. The summed E-state index contributed by atoms with van der Waals surface area (Å²) < 4.78 is 10.2. The molecule has 8 heteroatoms. The predicted octanol–water partition coefficient (Wildman–Crippen LogP) is 1.84. The third-order valence-electron chi connectivity index (χ3n) is 2.82. The van der Waals surface area contributed by atoms with Crippen LogP contribution in [0.4, 0.5) is 0 Å². The number of nitrogens with one attached hydrogen (secondary N) is 1. The highest BCUT2D eigenvalue weighted by atomic mass is 16.5. The van der Waals surface area contributed by atoms with Crippen LogP contribution in [0, 0.1) is 0 Å². The minimum Gasteiger partial charge on any atom is -0.465 e. The van der Waals surface area contributed by atoms with Crippen molar-refractivity contribution < 1.29 is 14.3 Å². The van der Waals surface area contributed by atoms with Gasteiger partial charge in [-0.05, 0) is 23.4 Å². The number of esters is 1. The summed E-state index contributed by atoms with van der Waals surface area (Å²) in [5.74, 6) is 0.955. The van der Waals surface area contributed by atoms with Gasteiger partial charge in [-0.2, -0.15) is 5.21 Å². The normalized spacial score (nSPS) is 10.2. The fraction of sp³-hybridized carbons (Fsp3) is 0.0714. The van der Waals surface area contributed by atoms with E-state index in [4.69, 9.17) is 4.74 Å². The topological polar surface area (TPSA) is 103 Å². The highest BCUT2D eigenvalue weighted by Gasteiger charge is 2.08. The monoisotopic (exact) mass is 297 g/mol. The number of benzene rings is 1. The molecular formula is C14H11N5O3. The average molecular weight is 297 g/mol. The molecule has 2 heterocycles. The number of hydrogen-bond donors (Lipinski definition) is 1. The summed E-state index contributed by atoms with van der Waals surface area (Å²) in [5.41, 5.74) is 1.12. The molecule has 0 aliphatic rings. The van der Waals surface area contributed by atoms with E-state index < -0.39 is 5.97 Å². The van der Waals surface area contributed by atoms with Crippen LogP contribution in [-0.2, 0) is 4.74 Å². The predicted molar refractivity (Wildman–Crippen MR) is 75.3 cm³/mol. The van der Waals surface area contributed by atoms with Crippen LogP contribution in [0.25, 0.3) is 11.4 Å². The van der Waals surface area contributed by atoms with E-state index in [-0.39, 0.29) is 0 Å². The van der Waals surface area contributed by atoms with E-state index >= 15 is 0 Å². The van der Waals surface area contributed by atoms with Gasteiger partial charge in [0.15, 0.2) is 0 Å².